The summed E-state index contributed by atoms with van der Waals surface area (Å²) in [5.41, 5.74) is 13.3. The van der Waals surface area contributed by atoms with Crippen LogP contribution in [0.5, 0.6) is 0 Å². The third-order valence-corrected chi connectivity index (χ3v) is 4.85. The van der Waals surface area contributed by atoms with Gasteiger partial charge in [-0.15, -0.1) is 5.10 Å². The maximum absolute atomic E-state index is 5.66. The van der Waals surface area contributed by atoms with Crippen LogP contribution in [0.4, 0.5) is 0 Å². The van der Waals surface area contributed by atoms with Gasteiger partial charge < -0.3 is 5.73 Å². The molecule has 4 nitrogen and oxygen atoms in total. The van der Waals surface area contributed by atoms with Crippen molar-refractivity contribution in [2.75, 3.05) is 0 Å². The first-order chi connectivity index (χ1) is 11.8. The van der Waals surface area contributed by atoms with Crippen molar-refractivity contribution in [2.24, 2.45) is 5.73 Å². The first kappa shape index (κ1) is 15.1. The van der Waals surface area contributed by atoms with Gasteiger partial charge in [-0.1, -0.05) is 41.6 Å². The number of nitrogens with zero attached hydrogens (tertiary/aromatic N) is 3. The number of hydrogen-bond donors (Lipinski definition) is 1. The Bertz CT molecular complexity index is 833. The lowest BCUT2D eigenvalue weighted by molar-refractivity contribution is 0.654. The summed E-state index contributed by atoms with van der Waals surface area (Å²) >= 11 is 0. The molecule has 2 N–H and O–H groups in total. The standard InChI is InChI=1S/C20H22N4/c21-12-15-5-7-16(8-6-15)14-24-20(13-22-23-24)19-10-9-17-3-1-2-4-18(17)11-19/h5-11,13H,1-4,12,14,21H2. The Kier molecular flexibility index (Phi) is 4.13. The third-order valence-electron chi connectivity index (χ3n) is 4.85. The fourth-order valence-corrected chi connectivity index (χ4v) is 3.44. The van der Waals surface area contributed by atoms with Gasteiger partial charge in [0, 0.05) is 12.1 Å². The van der Waals surface area contributed by atoms with Crippen molar-refractivity contribution < 1.29 is 0 Å². The summed E-state index contributed by atoms with van der Waals surface area (Å²) in [6.45, 7) is 1.29. The minimum Gasteiger partial charge on any atom is -0.326 e. The van der Waals surface area contributed by atoms with Crippen LogP contribution in [0.2, 0.25) is 0 Å². The van der Waals surface area contributed by atoms with E-state index in [1.54, 1.807) is 0 Å². The van der Waals surface area contributed by atoms with Crippen molar-refractivity contribution in [3.05, 3.63) is 70.9 Å². The van der Waals surface area contributed by atoms with Gasteiger partial charge in [0.15, 0.2) is 0 Å². The van der Waals surface area contributed by atoms with E-state index in [1.165, 1.54) is 47.9 Å². The van der Waals surface area contributed by atoms with E-state index in [9.17, 15) is 0 Å². The highest BCUT2D eigenvalue weighted by Gasteiger charge is 2.13. The van der Waals surface area contributed by atoms with Crippen molar-refractivity contribution in [3.8, 4) is 11.3 Å². The van der Waals surface area contributed by atoms with Crippen LogP contribution in [-0.4, -0.2) is 15.0 Å². The lowest BCUT2D eigenvalue weighted by atomic mass is 9.90. The first-order valence-corrected chi connectivity index (χ1v) is 8.62. The average molecular weight is 318 g/mol. The smallest absolute Gasteiger partial charge is 0.0889 e. The van der Waals surface area contributed by atoms with Gasteiger partial charge >= 0.3 is 0 Å². The molecule has 0 saturated heterocycles. The normalized spacial score (nSPS) is 13.7. The number of aromatic nitrogens is 3. The Morgan fingerprint density at radius 1 is 0.917 bits per heavy atom. The van der Waals surface area contributed by atoms with Crippen molar-refractivity contribution in [2.45, 2.75) is 38.8 Å². The molecule has 4 heteroatoms. The molecular formula is C20H22N4. The highest BCUT2D eigenvalue weighted by molar-refractivity contribution is 5.61. The van der Waals surface area contributed by atoms with Gasteiger partial charge in [-0.2, -0.15) is 0 Å². The Morgan fingerprint density at radius 2 is 1.67 bits per heavy atom. The molecule has 0 atom stereocenters. The molecule has 0 spiro atoms. The maximum atomic E-state index is 5.66. The summed E-state index contributed by atoms with van der Waals surface area (Å²) in [5, 5.41) is 8.42. The second kappa shape index (κ2) is 6.57. The highest BCUT2D eigenvalue weighted by Crippen LogP contribution is 2.27. The summed E-state index contributed by atoms with van der Waals surface area (Å²) < 4.78 is 1.97. The maximum Gasteiger partial charge on any atom is 0.0889 e. The van der Waals surface area contributed by atoms with E-state index in [-0.39, 0.29) is 0 Å². The third kappa shape index (κ3) is 2.97. The molecule has 0 radical (unpaired) electrons. The van der Waals surface area contributed by atoms with E-state index >= 15 is 0 Å². The predicted molar refractivity (Wildman–Crippen MR) is 95.5 cm³/mol. The number of rotatable bonds is 4. The molecule has 0 amide bonds. The second-order valence-corrected chi connectivity index (χ2v) is 6.49. The number of aryl methyl sites for hydroxylation is 2. The predicted octanol–water partition coefficient (Wildman–Crippen LogP) is 3.33. The first-order valence-electron chi connectivity index (χ1n) is 8.62. The monoisotopic (exact) mass is 318 g/mol. The summed E-state index contributed by atoms with van der Waals surface area (Å²) in [6, 6.07) is 15.2. The molecule has 1 aromatic heterocycles. The van der Waals surface area contributed by atoms with Crippen LogP contribution >= 0.6 is 0 Å². The van der Waals surface area contributed by atoms with Crippen molar-refractivity contribution >= 4 is 0 Å². The van der Waals surface area contributed by atoms with Crippen molar-refractivity contribution in [1.82, 2.24) is 15.0 Å². The van der Waals surface area contributed by atoms with Crippen LogP contribution in [0.1, 0.15) is 35.1 Å². The zero-order chi connectivity index (χ0) is 16.4. The summed E-state index contributed by atoms with van der Waals surface area (Å²) in [5.74, 6) is 0. The van der Waals surface area contributed by atoms with Crippen molar-refractivity contribution in [3.63, 3.8) is 0 Å². The lowest BCUT2D eigenvalue weighted by Gasteiger charge is -2.16. The van der Waals surface area contributed by atoms with Crippen LogP contribution in [0.3, 0.4) is 0 Å². The fraction of sp³-hybridized carbons (Fsp3) is 0.300. The zero-order valence-corrected chi connectivity index (χ0v) is 13.8. The van der Waals surface area contributed by atoms with Crippen LogP contribution in [-0.2, 0) is 25.9 Å². The Labute approximate surface area is 142 Å². The van der Waals surface area contributed by atoms with Crippen LogP contribution in [0, 0.1) is 0 Å². The summed E-state index contributed by atoms with van der Waals surface area (Å²) in [7, 11) is 0. The van der Waals surface area contributed by atoms with Gasteiger partial charge in [0.05, 0.1) is 18.4 Å². The summed E-state index contributed by atoms with van der Waals surface area (Å²) in [4.78, 5) is 0. The molecule has 2 aromatic carbocycles. The second-order valence-electron chi connectivity index (χ2n) is 6.49. The minimum absolute atomic E-state index is 0.573. The van der Waals surface area contributed by atoms with Gasteiger partial charge in [-0.05, 0) is 54.0 Å². The Morgan fingerprint density at radius 3 is 2.46 bits per heavy atom. The van der Waals surface area contributed by atoms with E-state index in [0.29, 0.717) is 6.54 Å². The molecule has 1 heterocycles. The number of hydrogen-bond acceptors (Lipinski definition) is 3. The molecule has 1 aliphatic rings. The average Bonchev–Trinajstić information content (AvgIpc) is 3.10. The fourth-order valence-electron chi connectivity index (χ4n) is 3.44. The molecule has 0 aliphatic heterocycles. The number of fused-ring (bicyclic) bond motifs is 1. The van der Waals surface area contributed by atoms with Crippen molar-refractivity contribution in [1.29, 1.82) is 0 Å². The van der Waals surface area contributed by atoms with Gasteiger partial charge in [0.2, 0.25) is 0 Å². The summed E-state index contributed by atoms with van der Waals surface area (Å²) in [6.07, 6.45) is 6.86. The molecule has 4 rings (SSSR count). The molecular weight excluding hydrogens is 296 g/mol. The molecule has 1 aliphatic carbocycles. The topological polar surface area (TPSA) is 56.7 Å². The quantitative estimate of drug-likeness (QED) is 0.803. The zero-order valence-electron chi connectivity index (χ0n) is 13.8. The van der Waals surface area contributed by atoms with Gasteiger partial charge in [0.1, 0.15) is 0 Å². The van der Waals surface area contributed by atoms with Gasteiger partial charge in [-0.3, -0.25) is 0 Å². The van der Waals surface area contributed by atoms with E-state index in [0.717, 1.165) is 17.8 Å². The SMILES string of the molecule is NCc1ccc(Cn2nncc2-c2ccc3c(c2)CCCC3)cc1. The highest BCUT2D eigenvalue weighted by atomic mass is 15.4. The van der Waals surface area contributed by atoms with Gasteiger partial charge in [-0.25, -0.2) is 4.68 Å². The largest absolute Gasteiger partial charge is 0.326 e. The van der Waals surface area contributed by atoms with E-state index < -0.39 is 0 Å². The number of benzene rings is 2. The molecule has 24 heavy (non-hydrogen) atoms. The van der Waals surface area contributed by atoms with E-state index in [2.05, 4.69) is 52.8 Å². The molecule has 0 saturated carbocycles. The Balaban J connectivity index is 1.62. The van der Waals surface area contributed by atoms with Crippen LogP contribution in [0.25, 0.3) is 11.3 Å². The minimum atomic E-state index is 0.573. The lowest BCUT2D eigenvalue weighted by Crippen LogP contribution is -2.06. The molecule has 0 unspecified atom stereocenters. The van der Waals surface area contributed by atoms with E-state index in [4.69, 9.17) is 5.73 Å². The molecule has 122 valence electrons. The number of nitrogens with two attached hydrogens (primary N) is 1. The Hall–Kier alpha value is -2.46. The van der Waals surface area contributed by atoms with Crippen LogP contribution < -0.4 is 5.73 Å². The van der Waals surface area contributed by atoms with E-state index in [1.807, 2.05) is 10.9 Å². The molecule has 3 aromatic rings. The van der Waals surface area contributed by atoms with Crippen LogP contribution in [0.15, 0.2) is 48.7 Å². The molecule has 0 bridgehead atoms. The van der Waals surface area contributed by atoms with Gasteiger partial charge in [0.25, 0.3) is 0 Å². The molecule has 0 fully saturated rings.